The first kappa shape index (κ1) is 13.9. The van der Waals surface area contributed by atoms with Crippen LogP contribution in [0, 0.1) is 0 Å². The number of amides is 1. The highest BCUT2D eigenvalue weighted by Crippen LogP contribution is 2.26. The molecule has 1 amide bonds. The van der Waals surface area contributed by atoms with Crippen molar-refractivity contribution in [1.29, 1.82) is 0 Å². The predicted octanol–water partition coefficient (Wildman–Crippen LogP) is 1.51. The first-order valence-corrected chi connectivity index (χ1v) is 6.37. The summed E-state index contributed by atoms with van der Waals surface area (Å²) < 4.78 is 1.55. The monoisotopic (exact) mass is 274 g/mol. The first-order valence-electron chi connectivity index (χ1n) is 6.37. The van der Waals surface area contributed by atoms with Crippen LogP contribution >= 0.6 is 0 Å². The largest absolute Gasteiger partial charge is 0.508 e. The van der Waals surface area contributed by atoms with Gasteiger partial charge in [0, 0.05) is 18.8 Å². The van der Waals surface area contributed by atoms with Crippen molar-refractivity contribution in [3.63, 3.8) is 0 Å². The molecule has 106 valence electrons. The molecule has 1 aromatic heterocycles. The molecule has 0 saturated heterocycles. The molecule has 0 spiro atoms. The quantitative estimate of drug-likeness (QED) is 0.772. The van der Waals surface area contributed by atoms with Gasteiger partial charge in [-0.25, -0.2) is 0 Å². The zero-order valence-corrected chi connectivity index (χ0v) is 11.5. The lowest BCUT2D eigenvalue weighted by atomic mass is 10.1. The molecule has 1 atom stereocenters. The third-order valence-corrected chi connectivity index (χ3v) is 3.00. The normalized spacial score (nSPS) is 11.9. The van der Waals surface area contributed by atoms with Gasteiger partial charge < -0.3 is 15.7 Å². The summed E-state index contributed by atoms with van der Waals surface area (Å²) in [6.45, 7) is 2.13. The number of carbonyl (C=O) groups is 1. The van der Waals surface area contributed by atoms with Crippen LogP contribution in [0.5, 0.6) is 5.75 Å². The maximum atomic E-state index is 11.3. The van der Waals surface area contributed by atoms with Crippen molar-refractivity contribution in [2.75, 3.05) is 12.4 Å². The average Bonchev–Trinajstić information content (AvgIpc) is 2.86. The summed E-state index contributed by atoms with van der Waals surface area (Å²) in [6, 6.07) is 7.12. The Kier molecular flexibility index (Phi) is 4.24. The minimum atomic E-state index is -0.103. The van der Waals surface area contributed by atoms with E-state index in [9.17, 15) is 9.90 Å². The Bertz CT molecular complexity index is 594. The van der Waals surface area contributed by atoms with Crippen molar-refractivity contribution in [1.82, 2.24) is 15.1 Å². The predicted molar refractivity (Wildman–Crippen MR) is 76.4 cm³/mol. The fraction of sp³-hybridized carbons (Fsp3) is 0.286. The van der Waals surface area contributed by atoms with Gasteiger partial charge in [-0.1, -0.05) is 18.2 Å². The van der Waals surface area contributed by atoms with Crippen LogP contribution in [-0.4, -0.2) is 27.8 Å². The van der Waals surface area contributed by atoms with E-state index in [2.05, 4.69) is 15.7 Å². The molecule has 2 rings (SSSR count). The number of hydrogen-bond donors (Lipinski definition) is 3. The highest BCUT2D eigenvalue weighted by atomic mass is 16.3. The summed E-state index contributed by atoms with van der Waals surface area (Å²) in [7, 11) is 1.59. The molecule has 1 unspecified atom stereocenters. The standard InChI is InChI=1S/C14H18N4O2/c1-10(12-5-3-4-6-13(12)19)17-11-7-16-18(8-11)9-14(20)15-2/h3-8,10,17,19H,9H2,1-2H3,(H,15,20). The van der Waals surface area contributed by atoms with Gasteiger partial charge in [0.25, 0.3) is 0 Å². The number of benzene rings is 1. The number of phenols is 1. The number of anilines is 1. The number of nitrogens with one attached hydrogen (secondary N) is 2. The molecule has 1 aromatic carbocycles. The van der Waals surface area contributed by atoms with Gasteiger partial charge in [0.2, 0.25) is 5.91 Å². The van der Waals surface area contributed by atoms with Gasteiger partial charge in [0.15, 0.2) is 0 Å². The molecular weight excluding hydrogens is 256 g/mol. The summed E-state index contributed by atoms with van der Waals surface area (Å²) in [5.74, 6) is 0.152. The Hall–Kier alpha value is -2.50. The van der Waals surface area contributed by atoms with E-state index in [1.165, 1.54) is 0 Å². The van der Waals surface area contributed by atoms with E-state index in [1.807, 2.05) is 19.1 Å². The number of carbonyl (C=O) groups excluding carboxylic acids is 1. The molecular formula is C14H18N4O2. The molecule has 6 nitrogen and oxygen atoms in total. The third kappa shape index (κ3) is 3.28. The summed E-state index contributed by atoms with van der Waals surface area (Å²) in [5.41, 5.74) is 1.61. The number of aromatic hydroxyl groups is 1. The number of likely N-dealkylation sites (N-methyl/N-ethyl adjacent to an activating group) is 1. The van der Waals surface area contributed by atoms with E-state index in [0.717, 1.165) is 11.3 Å². The van der Waals surface area contributed by atoms with Crippen molar-refractivity contribution >= 4 is 11.6 Å². The third-order valence-electron chi connectivity index (χ3n) is 3.00. The lowest BCUT2D eigenvalue weighted by molar-refractivity contribution is -0.121. The second-order valence-corrected chi connectivity index (χ2v) is 4.52. The van der Waals surface area contributed by atoms with Crippen LogP contribution < -0.4 is 10.6 Å². The number of rotatable bonds is 5. The smallest absolute Gasteiger partial charge is 0.241 e. The zero-order chi connectivity index (χ0) is 14.5. The van der Waals surface area contributed by atoms with Crippen LogP contribution in [0.15, 0.2) is 36.7 Å². The van der Waals surface area contributed by atoms with E-state index < -0.39 is 0 Å². The molecule has 6 heteroatoms. The highest BCUT2D eigenvalue weighted by Gasteiger charge is 2.10. The van der Waals surface area contributed by atoms with E-state index in [1.54, 1.807) is 36.3 Å². The summed E-state index contributed by atoms with van der Waals surface area (Å²) in [5, 5.41) is 19.7. The molecule has 0 aliphatic carbocycles. The van der Waals surface area contributed by atoms with Crippen molar-refractivity contribution in [2.45, 2.75) is 19.5 Å². The fourth-order valence-electron chi connectivity index (χ4n) is 1.93. The van der Waals surface area contributed by atoms with Gasteiger partial charge in [-0.05, 0) is 13.0 Å². The second-order valence-electron chi connectivity index (χ2n) is 4.52. The van der Waals surface area contributed by atoms with Crippen LogP contribution in [0.2, 0.25) is 0 Å². The maximum absolute atomic E-state index is 11.3. The Labute approximate surface area is 117 Å². The molecule has 20 heavy (non-hydrogen) atoms. The van der Waals surface area contributed by atoms with E-state index in [4.69, 9.17) is 0 Å². The number of nitrogens with zero attached hydrogens (tertiary/aromatic N) is 2. The first-order chi connectivity index (χ1) is 9.60. The van der Waals surface area contributed by atoms with Gasteiger partial charge in [0.1, 0.15) is 12.3 Å². The summed E-state index contributed by atoms with van der Waals surface area (Å²) >= 11 is 0. The number of hydrogen-bond acceptors (Lipinski definition) is 4. The lowest BCUT2D eigenvalue weighted by Crippen LogP contribution is -2.23. The van der Waals surface area contributed by atoms with Gasteiger partial charge >= 0.3 is 0 Å². The SMILES string of the molecule is CNC(=O)Cn1cc(NC(C)c2ccccc2O)cn1. The van der Waals surface area contributed by atoms with Gasteiger partial charge in [-0.3, -0.25) is 9.48 Å². The van der Waals surface area contributed by atoms with Gasteiger partial charge in [0.05, 0.1) is 17.9 Å². The van der Waals surface area contributed by atoms with Crippen molar-refractivity contribution in [3.8, 4) is 5.75 Å². The molecule has 0 saturated carbocycles. The topological polar surface area (TPSA) is 79.2 Å². The van der Waals surface area contributed by atoms with Crippen molar-refractivity contribution in [2.24, 2.45) is 0 Å². The molecule has 0 radical (unpaired) electrons. The Morgan fingerprint density at radius 3 is 2.90 bits per heavy atom. The molecule has 0 bridgehead atoms. The molecule has 0 aliphatic heterocycles. The van der Waals surface area contributed by atoms with Crippen molar-refractivity contribution < 1.29 is 9.90 Å². The van der Waals surface area contributed by atoms with Crippen molar-refractivity contribution in [3.05, 3.63) is 42.2 Å². The number of aromatic nitrogens is 2. The van der Waals surface area contributed by atoms with E-state index >= 15 is 0 Å². The fourth-order valence-corrected chi connectivity index (χ4v) is 1.93. The molecule has 0 fully saturated rings. The van der Waals surface area contributed by atoms with Crippen LogP contribution in [0.1, 0.15) is 18.5 Å². The maximum Gasteiger partial charge on any atom is 0.241 e. The Morgan fingerprint density at radius 1 is 1.45 bits per heavy atom. The molecule has 1 heterocycles. The van der Waals surface area contributed by atoms with Crippen LogP contribution in [0.3, 0.4) is 0 Å². The van der Waals surface area contributed by atoms with Gasteiger partial charge in [-0.2, -0.15) is 5.10 Å². The second kappa shape index (κ2) is 6.10. The Morgan fingerprint density at radius 2 is 2.20 bits per heavy atom. The van der Waals surface area contributed by atoms with Crippen LogP contribution in [0.25, 0.3) is 0 Å². The van der Waals surface area contributed by atoms with Crippen LogP contribution in [-0.2, 0) is 11.3 Å². The zero-order valence-electron chi connectivity index (χ0n) is 11.5. The summed E-state index contributed by atoms with van der Waals surface area (Å²) in [6.07, 6.45) is 3.41. The summed E-state index contributed by atoms with van der Waals surface area (Å²) in [4.78, 5) is 11.3. The molecule has 0 aliphatic rings. The minimum absolute atomic E-state index is 0.0612. The molecule has 3 N–H and O–H groups in total. The molecule has 2 aromatic rings. The van der Waals surface area contributed by atoms with E-state index in [0.29, 0.717) is 0 Å². The van der Waals surface area contributed by atoms with Crippen LogP contribution in [0.4, 0.5) is 5.69 Å². The number of para-hydroxylation sites is 1. The minimum Gasteiger partial charge on any atom is -0.508 e. The van der Waals surface area contributed by atoms with E-state index in [-0.39, 0.29) is 24.2 Å². The number of phenolic OH excluding ortho intramolecular Hbond substituents is 1. The Balaban J connectivity index is 2.03. The lowest BCUT2D eigenvalue weighted by Gasteiger charge is -2.15. The van der Waals surface area contributed by atoms with Gasteiger partial charge in [-0.15, -0.1) is 0 Å². The average molecular weight is 274 g/mol. The highest BCUT2D eigenvalue weighted by molar-refractivity contribution is 5.75.